The molecule has 0 spiro atoms. The third-order valence-corrected chi connectivity index (χ3v) is 4.64. The van der Waals surface area contributed by atoms with Crippen LogP contribution in [0.4, 0.5) is 20.2 Å². The second-order valence-corrected chi connectivity index (χ2v) is 6.64. The van der Waals surface area contributed by atoms with Crippen molar-refractivity contribution in [2.24, 2.45) is 0 Å². The molecule has 0 bridgehead atoms. The lowest BCUT2D eigenvalue weighted by Crippen LogP contribution is -2.18. The predicted octanol–water partition coefficient (Wildman–Crippen LogP) is 4.95. The van der Waals surface area contributed by atoms with Crippen LogP contribution in [0.15, 0.2) is 24.3 Å². The maximum Gasteiger partial charge on any atom is 0.166 e. The fourth-order valence-electron chi connectivity index (χ4n) is 2.74. The molecule has 0 aliphatic carbocycles. The molecular weight excluding hydrogens is 385 g/mol. The molecule has 8 heteroatoms. The zero-order valence-electron chi connectivity index (χ0n) is 13.5. The zero-order valence-corrected chi connectivity index (χ0v) is 15.0. The lowest BCUT2D eigenvalue weighted by atomic mass is 10.0. The molecule has 136 valence electrons. The molecule has 0 aromatic heterocycles. The summed E-state index contributed by atoms with van der Waals surface area (Å²) >= 11 is 11.1. The fraction of sp³-hybridized carbons (Fsp3) is 0.222. The van der Waals surface area contributed by atoms with E-state index in [9.17, 15) is 18.4 Å². The van der Waals surface area contributed by atoms with E-state index in [1.165, 1.54) is 24.3 Å². The van der Waals surface area contributed by atoms with Gasteiger partial charge in [0.1, 0.15) is 11.6 Å². The van der Waals surface area contributed by atoms with Gasteiger partial charge in [0.05, 0.1) is 10.0 Å². The molecule has 4 rings (SSSR count). The van der Waals surface area contributed by atoms with Crippen LogP contribution in [0, 0.1) is 11.6 Å². The first kappa shape index (κ1) is 18.6. The SMILES string of the molecule is O=C1CCNc2cc(Cl)c(F)cc21.O=C1CCNc2cc(F)c(Cl)cc21. The molecule has 2 N–H and O–H groups in total. The van der Waals surface area contributed by atoms with E-state index in [2.05, 4.69) is 10.6 Å². The summed E-state index contributed by atoms with van der Waals surface area (Å²) in [5.74, 6) is -1.07. The van der Waals surface area contributed by atoms with Crippen molar-refractivity contribution < 1.29 is 18.4 Å². The minimum absolute atomic E-state index is 0.00389. The Bertz CT molecular complexity index is 830. The van der Waals surface area contributed by atoms with Gasteiger partial charge in [-0.3, -0.25) is 9.59 Å². The lowest BCUT2D eigenvalue weighted by molar-refractivity contribution is 0.0975. The van der Waals surface area contributed by atoms with Crippen molar-refractivity contribution in [2.45, 2.75) is 12.8 Å². The van der Waals surface area contributed by atoms with Gasteiger partial charge in [0.2, 0.25) is 0 Å². The van der Waals surface area contributed by atoms with E-state index >= 15 is 0 Å². The summed E-state index contributed by atoms with van der Waals surface area (Å²) in [6, 6.07) is 5.27. The Hall–Kier alpha value is -2.18. The predicted molar refractivity (Wildman–Crippen MR) is 97.7 cm³/mol. The van der Waals surface area contributed by atoms with Crippen molar-refractivity contribution in [3.8, 4) is 0 Å². The van der Waals surface area contributed by atoms with Crippen LogP contribution in [0.3, 0.4) is 0 Å². The molecule has 26 heavy (non-hydrogen) atoms. The van der Waals surface area contributed by atoms with Gasteiger partial charge in [-0.15, -0.1) is 0 Å². The van der Waals surface area contributed by atoms with Crippen LogP contribution in [0.2, 0.25) is 10.0 Å². The van der Waals surface area contributed by atoms with E-state index in [1.807, 2.05) is 0 Å². The Labute approximate surface area is 158 Å². The number of Topliss-reactive ketones (excluding diaryl/α,β-unsaturated/α-hetero) is 2. The number of fused-ring (bicyclic) bond motifs is 2. The number of carbonyl (C=O) groups excluding carboxylic acids is 2. The number of hydrogen-bond donors (Lipinski definition) is 2. The van der Waals surface area contributed by atoms with E-state index in [0.717, 1.165) is 0 Å². The van der Waals surface area contributed by atoms with Crippen LogP contribution in [0.25, 0.3) is 0 Å². The third-order valence-electron chi connectivity index (χ3n) is 4.06. The molecule has 2 heterocycles. The largest absolute Gasteiger partial charge is 0.384 e. The fourth-order valence-corrected chi connectivity index (χ4v) is 3.07. The summed E-state index contributed by atoms with van der Waals surface area (Å²) in [7, 11) is 0. The quantitative estimate of drug-likeness (QED) is 0.658. The Kier molecular flexibility index (Phi) is 5.44. The van der Waals surface area contributed by atoms with Gasteiger partial charge in [-0.1, -0.05) is 23.2 Å². The first-order chi connectivity index (χ1) is 12.4. The van der Waals surface area contributed by atoms with E-state index in [0.29, 0.717) is 48.4 Å². The average molecular weight is 399 g/mol. The summed E-state index contributed by atoms with van der Waals surface area (Å²) in [5, 5.41) is 5.97. The van der Waals surface area contributed by atoms with E-state index in [4.69, 9.17) is 23.2 Å². The van der Waals surface area contributed by atoms with Gasteiger partial charge in [-0.05, 0) is 24.3 Å². The van der Waals surface area contributed by atoms with Crippen LogP contribution in [0.1, 0.15) is 33.6 Å². The molecule has 2 aliphatic rings. The summed E-state index contributed by atoms with van der Waals surface area (Å²) in [4.78, 5) is 22.6. The monoisotopic (exact) mass is 398 g/mol. The maximum absolute atomic E-state index is 13.0. The van der Waals surface area contributed by atoms with Crippen molar-refractivity contribution in [2.75, 3.05) is 23.7 Å². The summed E-state index contributed by atoms with van der Waals surface area (Å²) in [6.45, 7) is 1.15. The number of carbonyl (C=O) groups is 2. The van der Waals surface area contributed by atoms with Crippen molar-refractivity contribution in [3.63, 3.8) is 0 Å². The average Bonchev–Trinajstić information content (AvgIpc) is 2.60. The number of anilines is 2. The molecule has 0 fully saturated rings. The van der Waals surface area contributed by atoms with Crippen LogP contribution < -0.4 is 10.6 Å². The second kappa shape index (κ2) is 7.60. The molecule has 2 aromatic carbocycles. The highest BCUT2D eigenvalue weighted by Gasteiger charge is 2.19. The van der Waals surface area contributed by atoms with Gasteiger partial charge >= 0.3 is 0 Å². The highest BCUT2D eigenvalue weighted by atomic mass is 35.5. The molecule has 0 amide bonds. The maximum atomic E-state index is 13.0. The standard InChI is InChI=1S/2C9H7ClFNO/c10-6-4-8-5(3-7(6)11)9(13)1-2-12-8;10-6-3-5-8(4-7(6)11)12-2-1-9(5)13/h2*3-4,12H,1-2H2. The first-order valence-corrected chi connectivity index (χ1v) is 8.64. The molecule has 4 nitrogen and oxygen atoms in total. The Morgan fingerprint density at radius 2 is 1.19 bits per heavy atom. The normalized spacial score (nSPS) is 15.1. The summed E-state index contributed by atoms with van der Waals surface area (Å²) in [5.41, 5.74) is 2.05. The third kappa shape index (κ3) is 3.81. The van der Waals surface area contributed by atoms with Crippen molar-refractivity contribution >= 4 is 46.1 Å². The lowest BCUT2D eigenvalue weighted by Gasteiger charge is -2.16. The molecule has 0 saturated carbocycles. The van der Waals surface area contributed by atoms with Gasteiger partial charge in [0, 0.05) is 48.4 Å². The van der Waals surface area contributed by atoms with Gasteiger partial charge in [-0.2, -0.15) is 0 Å². The molecule has 0 radical (unpaired) electrons. The zero-order chi connectivity index (χ0) is 18.8. The smallest absolute Gasteiger partial charge is 0.166 e. The minimum atomic E-state index is -0.544. The number of ketones is 2. The van der Waals surface area contributed by atoms with Crippen LogP contribution >= 0.6 is 23.2 Å². The summed E-state index contributed by atoms with van der Waals surface area (Å²) < 4.78 is 25.9. The highest BCUT2D eigenvalue weighted by molar-refractivity contribution is 6.31. The number of rotatable bonds is 0. The second-order valence-electron chi connectivity index (χ2n) is 5.82. The molecule has 2 aromatic rings. The van der Waals surface area contributed by atoms with E-state index in [1.54, 1.807) is 0 Å². The summed E-state index contributed by atoms with van der Waals surface area (Å²) in [6.07, 6.45) is 0.850. The Balaban J connectivity index is 0.000000151. The molecule has 0 saturated heterocycles. The molecule has 2 aliphatic heterocycles. The molecular formula is C18H14Cl2F2N2O2. The number of benzene rings is 2. The van der Waals surface area contributed by atoms with Crippen LogP contribution in [0.5, 0.6) is 0 Å². The van der Waals surface area contributed by atoms with Crippen molar-refractivity contribution in [3.05, 3.63) is 57.1 Å². The number of hydrogen-bond acceptors (Lipinski definition) is 4. The number of halogens is 4. The van der Waals surface area contributed by atoms with Crippen molar-refractivity contribution in [1.29, 1.82) is 0 Å². The van der Waals surface area contributed by atoms with E-state index in [-0.39, 0.29) is 21.6 Å². The Morgan fingerprint density at radius 1 is 0.731 bits per heavy atom. The van der Waals surface area contributed by atoms with Crippen LogP contribution in [-0.2, 0) is 0 Å². The molecule has 0 unspecified atom stereocenters. The van der Waals surface area contributed by atoms with Gasteiger partial charge in [0.15, 0.2) is 11.6 Å². The van der Waals surface area contributed by atoms with Gasteiger partial charge in [-0.25, -0.2) is 8.78 Å². The first-order valence-electron chi connectivity index (χ1n) is 7.89. The number of nitrogens with one attached hydrogen (secondary N) is 2. The van der Waals surface area contributed by atoms with Gasteiger partial charge in [0.25, 0.3) is 0 Å². The highest BCUT2D eigenvalue weighted by Crippen LogP contribution is 2.28. The topological polar surface area (TPSA) is 58.2 Å². The van der Waals surface area contributed by atoms with Crippen molar-refractivity contribution in [1.82, 2.24) is 0 Å². The molecule has 0 atom stereocenters. The van der Waals surface area contributed by atoms with E-state index < -0.39 is 11.6 Å². The van der Waals surface area contributed by atoms with Gasteiger partial charge < -0.3 is 10.6 Å². The van der Waals surface area contributed by atoms with Crippen LogP contribution in [-0.4, -0.2) is 24.7 Å². The minimum Gasteiger partial charge on any atom is -0.384 e. The Morgan fingerprint density at radius 3 is 1.81 bits per heavy atom.